The fourth-order valence-electron chi connectivity index (χ4n) is 3.40. The third-order valence-corrected chi connectivity index (χ3v) is 4.31. The van der Waals surface area contributed by atoms with Gasteiger partial charge in [-0.15, -0.1) is 0 Å². The Morgan fingerprint density at radius 1 is 1.70 bits per heavy atom. The molecule has 108 valence electrons. The topological polar surface area (TPSA) is 64.4 Å². The quantitative estimate of drug-likeness (QED) is 0.854. The highest BCUT2D eigenvalue weighted by molar-refractivity contribution is 5.82. The molecule has 1 aromatic rings. The highest BCUT2D eigenvalue weighted by Gasteiger charge is 2.52. The second-order valence-corrected chi connectivity index (χ2v) is 5.59. The average Bonchev–Trinajstić information content (AvgIpc) is 3.04. The molecule has 2 bridgehead atoms. The molecule has 0 saturated carbocycles. The molecule has 2 aliphatic rings. The van der Waals surface area contributed by atoms with Gasteiger partial charge < -0.3 is 9.26 Å². The van der Waals surface area contributed by atoms with Crippen LogP contribution in [0.3, 0.4) is 0 Å². The van der Waals surface area contributed by atoms with Crippen molar-refractivity contribution in [2.75, 3.05) is 6.61 Å². The first kappa shape index (κ1) is 13.4. The van der Waals surface area contributed by atoms with Crippen LogP contribution in [0.5, 0.6) is 0 Å². The minimum Gasteiger partial charge on any atom is -0.465 e. The Morgan fingerprint density at radius 2 is 2.60 bits per heavy atom. The fourth-order valence-corrected chi connectivity index (χ4v) is 3.40. The van der Waals surface area contributed by atoms with Gasteiger partial charge in [-0.2, -0.15) is 0 Å². The third kappa shape index (κ3) is 2.38. The van der Waals surface area contributed by atoms with Gasteiger partial charge in [-0.1, -0.05) is 11.2 Å². The molecule has 0 aromatic carbocycles. The first-order chi connectivity index (χ1) is 9.73. The molecule has 1 N–H and O–H groups in total. The summed E-state index contributed by atoms with van der Waals surface area (Å²) in [6.45, 7) is 2.29. The van der Waals surface area contributed by atoms with Crippen LogP contribution in [0, 0.1) is 5.92 Å². The number of carbonyl (C=O) groups is 1. The lowest BCUT2D eigenvalue weighted by molar-refractivity contribution is -0.151. The summed E-state index contributed by atoms with van der Waals surface area (Å²) in [4.78, 5) is 12.2. The van der Waals surface area contributed by atoms with Gasteiger partial charge in [-0.25, -0.2) is 0 Å². The molecule has 0 spiro atoms. The molecule has 0 radical (unpaired) electrons. The summed E-state index contributed by atoms with van der Waals surface area (Å²) < 4.78 is 10.3. The zero-order valence-electron chi connectivity index (χ0n) is 11.7. The average molecular weight is 276 g/mol. The molecule has 2 aliphatic heterocycles. The van der Waals surface area contributed by atoms with Crippen LogP contribution in [-0.2, 0) is 9.53 Å². The minimum atomic E-state index is -0.477. The van der Waals surface area contributed by atoms with Crippen LogP contribution in [-0.4, -0.2) is 29.3 Å². The van der Waals surface area contributed by atoms with Crippen LogP contribution in [0.1, 0.15) is 38.4 Å². The van der Waals surface area contributed by atoms with E-state index in [-0.39, 0.29) is 5.97 Å². The van der Waals surface area contributed by atoms with E-state index in [4.69, 9.17) is 9.26 Å². The van der Waals surface area contributed by atoms with Crippen molar-refractivity contribution in [2.45, 2.75) is 44.2 Å². The summed E-state index contributed by atoms with van der Waals surface area (Å²) in [7, 11) is 0. The number of nitrogens with one attached hydrogen (secondary N) is 1. The van der Waals surface area contributed by atoms with Crippen molar-refractivity contribution in [3.8, 4) is 0 Å². The lowest BCUT2D eigenvalue weighted by atomic mass is 9.89. The maximum absolute atomic E-state index is 12.2. The zero-order chi connectivity index (χ0) is 14.0. The van der Waals surface area contributed by atoms with Gasteiger partial charge in [0.25, 0.3) is 0 Å². The Morgan fingerprint density at radius 3 is 3.35 bits per heavy atom. The lowest BCUT2D eigenvalue weighted by Crippen LogP contribution is -2.53. The zero-order valence-corrected chi connectivity index (χ0v) is 11.7. The van der Waals surface area contributed by atoms with E-state index in [1.165, 1.54) is 0 Å². The van der Waals surface area contributed by atoms with E-state index >= 15 is 0 Å². The number of esters is 1. The maximum Gasteiger partial charge on any atom is 0.326 e. The summed E-state index contributed by atoms with van der Waals surface area (Å²) >= 11 is 0. The van der Waals surface area contributed by atoms with Gasteiger partial charge in [0.1, 0.15) is 5.54 Å². The van der Waals surface area contributed by atoms with Gasteiger partial charge in [-0.3, -0.25) is 10.1 Å². The van der Waals surface area contributed by atoms with Crippen LogP contribution in [0.2, 0.25) is 0 Å². The largest absolute Gasteiger partial charge is 0.465 e. The number of piperidine rings is 1. The Bertz CT molecular complexity index is 497. The van der Waals surface area contributed by atoms with E-state index in [2.05, 4.69) is 16.5 Å². The molecule has 3 heterocycles. The molecule has 3 atom stereocenters. The molecular formula is C15H20N2O3. The van der Waals surface area contributed by atoms with Gasteiger partial charge in [-0.05, 0) is 44.6 Å². The van der Waals surface area contributed by atoms with E-state index in [1.54, 1.807) is 6.20 Å². The van der Waals surface area contributed by atoms with E-state index in [1.807, 2.05) is 19.1 Å². The van der Waals surface area contributed by atoms with Crippen molar-refractivity contribution in [3.05, 3.63) is 24.1 Å². The number of fused-ring (bicyclic) bond motifs is 2. The Kier molecular flexibility index (Phi) is 3.61. The molecule has 5 heteroatoms. The van der Waals surface area contributed by atoms with Crippen molar-refractivity contribution in [1.29, 1.82) is 0 Å². The van der Waals surface area contributed by atoms with Crippen LogP contribution in [0.15, 0.2) is 22.9 Å². The van der Waals surface area contributed by atoms with Crippen LogP contribution < -0.4 is 5.32 Å². The van der Waals surface area contributed by atoms with Crippen LogP contribution in [0.4, 0.5) is 0 Å². The Labute approximate surface area is 118 Å². The van der Waals surface area contributed by atoms with Gasteiger partial charge in [0.15, 0.2) is 5.76 Å². The monoisotopic (exact) mass is 276 g/mol. The van der Waals surface area contributed by atoms with Crippen molar-refractivity contribution < 1.29 is 14.1 Å². The van der Waals surface area contributed by atoms with Crippen LogP contribution >= 0.6 is 0 Å². The summed E-state index contributed by atoms with van der Waals surface area (Å²) in [5, 5.41) is 7.18. The molecular weight excluding hydrogens is 256 g/mol. The molecule has 2 fully saturated rings. The normalized spacial score (nSPS) is 32.6. The predicted molar refractivity (Wildman–Crippen MR) is 73.8 cm³/mol. The number of nitrogens with zero attached hydrogens (tertiary/aromatic N) is 1. The molecule has 1 aromatic heterocycles. The molecule has 5 nitrogen and oxygen atoms in total. The van der Waals surface area contributed by atoms with Gasteiger partial charge in [0.05, 0.1) is 12.8 Å². The van der Waals surface area contributed by atoms with Gasteiger partial charge in [0.2, 0.25) is 0 Å². The SMILES string of the molecule is CCOC(=O)C12CCCC(N1)C(/C=C\c1ccno1)C2. The van der Waals surface area contributed by atoms with E-state index in [0.29, 0.717) is 18.6 Å². The van der Waals surface area contributed by atoms with E-state index in [0.717, 1.165) is 31.4 Å². The van der Waals surface area contributed by atoms with Gasteiger partial charge in [0, 0.05) is 12.1 Å². The number of rotatable bonds is 4. The second kappa shape index (κ2) is 5.40. The highest BCUT2D eigenvalue weighted by atomic mass is 16.5. The molecule has 3 unspecified atom stereocenters. The van der Waals surface area contributed by atoms with Crippen LogP contribution in [0.25, 0.3) is 6.08 Å². The number of aromatic nitrogens is 1. The van der Waals surface area contributed by atoms with E-state index in [9.17, 15) is 4.79 Å². The summed E-state index contributed by atoms with van der Waals surface area (Å²) in [6, 6.07) is 2.18. The second-order valence-electron chi connectivity index (χ2n) is 5.59. The summed E-state index contributed by atoms with van der Waals surface area (Å²) in [5.74, 6) is 0.990. The smallest absolute Gasteiger partial charge is 0.326 e. The summed E-state index contributed by atoms with van der Waals surface area (Å²) in [5.41, 5.74) is -0.477. The van der Waals surface area contributed by atoms with Gasteiger partial charge >= 0.3 is 5.97 Å². The number of hydrogen-bond acceptors (Lipinski definition) is 5. The van der Waals surface area contributed by atoms with E-state index < -0.39 is 5.54 Å². The highest BCUT2D eigenvalue weighted by Crippen LogP contribution is 2.41. The van der Waals surface area contributed by atoms with Crippen molar-refractivity contribution in [2.24, 2.45) is 5.92 Å². The molecule has 3 rings (SSSR count). The van der Waals surface area contributed by atoms with Crippen molar-refractivity contribution >= 4 is 12.0 Å². The Balaban J connectivity index is 1.73. The Hall–Kier alpha value is -1.62. The maximum atomic E-state index is 12.2. The number of carbonyl (C=O) groups excluding carboxylic acids is 1. The number of hydrogen-bond donors (Lipinski definition) is 1. The minimum absolute atomic E-state index is 0.0970. The molecule has 0 amide bonds. The van der Waals surface area contributed by atoms with Crippen molar-refractivity contribution in [3.63, 3.8) is 0 Å². The first-order valence-electron chi connectivity index (χ1n) is 7.27. The predicted octanol–water partition coefficient (Wildman–Crippen LogP) is 2.15. The lowest BCUT2D eigenvalue weighted by Gasteiger charge is -2.31. The molecule has 2 saturated heterocycles. The summed E-state index contributed by atoms with van der Waals surface area (Å²) in [6.07, 6.45) is 9.56. The first-order valence-corrected chi connectivity index (χ1v) is 7.27. The molecule has 0 aliphatic carbocycles. The van der Waals surface area contributed by atoms with Crippen molar-refractivity contribution in [1.82, 2.24) is 10.5 Å². The third-order valence-electron chi connectivity index (χ3n) is 4.31. The number of ether oxygens (including phenoxy) is 1. The molecule has 20 heavy (non-hydrogen) atoms. The fraction of sp³-hybridized carbons (Fsp3) is 0.600. The standard InChI is InChI=1S/C15H20N2O3/c1-2-19-14(18)15-8-3-4-13(17-15)11(10-15)5-6-12-7-9-16-20-12/h5-7,9,11,13,17H,2-4,8,10H2,1H3/b6-5-.